The molecule has 0 amide bonds. The number of thioether (sulfide) groups is 1. The molecule has 0 radical (unpaired) electrons. The maximum atomic E-state index is 4.42. The van der Waals surface area contributed by atoms with E-state index in [-0.39, 0.29) is 0 Å². The maximum Gasteiger partial charge on any atom is 0.0925 e. The summed E-state index contributed by atoms with van der Waals surface area (Å²) < 4.78 is 0. The third-order valence-corrected chi connectivity index (χ3v) is 5.65. The number of thiazole rings is 1. The Morgan fingerprint density at radius 1 is 1.37 bits per heavy atom. The summed E-state index contributed by atoms with van der Waals surface area (Å²) in [7, 11) is 0. The van der Waals surface area contributed by atoms with E-state index in [0.29, 0.717) is 6.04 Å². The van der Waals surface area contributed by atoms with Gasteiger partial charge in [-0.25, -0.2) is 4.98 Å². The van der Waals surface area contributed by atoms with Crippen molar-refractivity contribution >= 4 is 23.1 Å². The molecule has 2 nitrogen and oxygen atoms in total. The second-order valence-corrected chi connectivity index (χ2v) is 7.02. The Morgan fingerprint density at radius 3 is 3.11 bits per heavy atom. The van der Waals surface area contributed by atoms with E-state index in [4.69, 9.17) is 0 Å². The fraction of sp³-hybridized carbons (Fsp3) is 0.400. The molecule has 0 bridgehead atoms. The van der Waals surface area contributed by atoms with Crippen LogP contribution in [-0.2, 0) is 13.0 Å². The summed E-state index contributed by atoms with van der Waals surface area (Å²) in [6, 6.07) is 9.25. The Bertz CT molecular complexity index is 551. The molecule has 1 unspecified atom stereocenters. The Hall–Kier alpha value is -0.840. The lowest BCUT2D eigenvalue weighted by Gasteiger charge is -2.25. The number of rotatable bonds is 4. The van der Waals surface area contributed by atoms with Crippen LogP contribution in [0, 0.1) is 0 Å². The Labute approximate surface area is 122 Å². The number of aromatic nitrogens is 1. The molecule has 0 aliphatic carbocycles. The molecule has 4 heteroatoms. The monoisotopic (exact) mass is 290 g/mol. The van der Waals surface area contributed by atoms with E-state index in [2.05, 4.69) is 41.5 Å². The number of hydrogen-bond donors (Lipinski definition) is 1. The second kappa shape index (κ2) is 6.07. The Balaban J connectivity index is 1.68. The molecule has 100 valence electrons. The molecule has 1 atom stereocenters. The van der Waals surface area contributed by atoms with Crippen LogP contribution in [0.5, 0.6) is 0 Å². The van der Waals surface area contributed by atoms with Gasteiger partial charge in [0.1, 0.15) is 0 Å². The summed E-state index contributed by atoms with van der Waals surface area (Å²) >= 11 is 3.80. The second-order valence-electron chi connectivity index (χ2n) is 4.68. The SMILES string of the molecule is CCc1ncc(CNC2CCSc3ccccc32)s1. The zero-order valence-corrected chi connectivity index (χ0v) is 12.7. The first-order valence-electron chi connectivity index (χ1n) is 6.75. The van der Waals surface area contributed by atoms with Crippen LogP contribution in [-0.4, -0.2) is 10.7 Å². The summed E-state index contributed by atoms with van der Waals surface area (Å²) in [5.74, 6) is 1.21. The van der Waals surface area contributed by atoms with Crippen LogP contribution in [0.15, 0.2) is 35.4 Å². The molecule has 19 heavy (non-hydrogen) atoms. The van der Waals surface area contributed by atoms with E-state index in [1.807, 2.05) is 29.3 Å². The highest BCUT2D eigenvalue weighted by molar-refractivity contribution is 7.99. The molecular weight excluding hydrogens is 272 g/mol. The lowest BCUT2D eigenvalue weighted by Crippen LogP contribution is -2.23. The number of aryl methyl sites for hydroxylation is 1. The number of nitrogens with one attached hydrogen (secondary N) is 1. The fourth-order valence-corrected chi connectivity index (χ4v) is 4.31. The van der Waals surface area contributed by atoms with Gasteiger partial charge in [-0.1, -0.05) is 25.1 Å². The van der Waals surface area contributed by atoms with Crippen LogP contribution in [0.3, 0.4) is 0 Å². The highest BCUT2D eigenvalue weighted by Gasteiger charge is 2.19. The van der Waals surface area contributed by atoms with Crippen molar-refractivity contribution in [2.24, 2.45) is 0 Å². The Kier molecular flexibility index (Phi) is 4.21. The first-order valence-corrected chi connectivity index (χ1v) is 8.55. The van der Waals surface area contributed by atoms with Crippen molar-refractivity contribution in [2.75, 3.05) is 5.75 Å². The third kappa shape index (κ3) is 3.02. The minimum atomic E-state index is 0.490. The quantitative estimate of drug-likeness (QED) is 0.920. The molecule has 0 saturated carbocycles. The van der Waals surface area contributed by atoms with Crippen LogP contribution in [0.25, 0.3) is 0 Å². The van der Waals surface area contributed by atoms with Gasteiger partial charge in [-0.2, -0.15) is 0 Å². The van der Waals surface area contributed by atoms with Crippen molar-refractivity contribution in [1.82, 2.24) is 10.3 Å². The van der Waals surface area contributed by atoms with E-state index < -0.39 is 0 Å². The van der Waals surface area contributed by atoms with Crippen LogP contribution in [0.1, 0.15) is 34.8 Å². The van der Waals surface area contributed by atoms with E-state index >= 15 is 0 Å². The van der Waals surface area contributed by atoms with Gasteiger partial charge >= 0.3 is 0 Å². The molecule has 1 aliphatic heterocycles. The molecule has 0 spiro atoms. The lowest BCUT2D eigenvalue weighted by molar-refractivity contribution is 0.512. The van der Waals surface area contributed by atoms with Gasteiger partial charge in [0, 0.05) is 28.6 Å². The third-order valence-electron chi connectivity index (χ3n) is 3.39. The summed E-state index contributed by atoms with van der Waals surface area (Å²) in [5.41, 5.74) is 1.46. The molecule has 1 aliphatic rings. The smallest absolute Gasteiger partial charge is 0.0925 e. The Morgan fingerprint density at radius 2 is 2.26 bits per heavy atom. The van der Waals surface area contributed by atoms with Crippen LogP contribution in [0.4, 0.5) is 0 Å². The van der Waals surface area contributed by atoms with Crippen molar-refractivity contribution in [3.05, 3.63) is 45.9 Å². The van der Waals surface area contributed by atoms with Crippen LogP contribution in [0.2, 0.25) is 0 Å². The van der Waals surface area contributed by atoms with Gasteiger partial charge in [-0.15, -0.1) is 23.1 Å². The van der Waals surface area contributed by atoms with Crippen molar-refractivity contribution in [3.63, 3.8) is 0 Å². The average Bonchev–Trinajstić information content (AvgIpc) is 2.93. The van der Waals surface area contributed by atoms with Gasteiger partial charge in [-0.3, -0.25) is 0 Å². The van der Waals surface area contributed by atoms with Crippen molar-refractivity contribution in [3.8, 4) is 0 Å². The van der Waals surface area contributed by atoms with Gasteiger partial charge in [0.2, 0.25) is 0 Å². The van der Waals surface area contributed by atoms with Crippen LogP contribution < -0.4 is 5.32 Å². The minimum absolute atomic E-state index is 0.490. The van der Waals surface area contributed by atoms with Gasteiger partial charge < -0.3 is 5.32 Å². The summed E-state index contributed by atoms with van der Waals surface area (Å²) in [5, 5.41) is 4.92. The minimum Gasteiger partial charge on any atom is -0.305 e. The zero-order valence-electron chi connectivity index (χ0n) is 11.1. The number of nitrogens with zero attached hydrogens (tertiary/aromatic N) is 1. The maximum absolute atomic E-state index is 4.42. The fourth-order valence-electron chi connectivity index (χ4n) is 2.37. The molecule has 1 N–H and O–H groups in total. The van der Waals surface area contributed by atoms with Crippen molar-refractivity contribution < 1.29 is 0 Å². The van der Waals surface area contributed by atoms with Crippen LogP contribution >= 0.6 is 23.1 Å². The molecule has 1 aromatic carbocycles. The lowest BCUT2D eigenvalue weighted by atomic mass is 10.0. The summed E-state index contributed by atoms with van der Waals surface area (Å²) in [6.45, 7) is 3.09. The van der Waals surface area contributed by atoms with Crippen molar-refractivity contribution in [1.29, 1.82) is 0 Å². The van der Waals surface area contributed by atoms with Gasteiger partial charge in [0.25, 0.3) is 0 Å². The molecule has 3 rings (SSSR count). The van der Waals surface area contributed by atoms with Gasteiger partial charge in [0.15, 0.2) is 0 Å². The molecule has 0 saturated heterocycles. The van der Waals surface area contributed by atoms with E-state index in [1.54, 1.807) is 0 Å². The standard InChI is InChI=1S/C15H18N2S2/c1-2-15-17-10-11(19-15)9-16-13-7-8-18-14-6-4-3-5-12(13)14/h3-6,10,13,16H,2,7-9H2,1H3. The van der Waals surface area contributed by atoms with Gasteiger partial charge in [0.05, 0.1) is 5.01 Å². The normalized spacial score (nSPS) is 18.3. The summed E-state index contributed by atoms with van der Waals surface area (Å²) in [6.07, 6.45) is 4.26. The summed E-state index contributed by atoms with van der Waals surface area (Å²) in [4.78, 5) is 7.19. The number of benzene rings is 1. The van der Waals surface area contributed by atoms with E-state index in [9.17, 15) is 0 Å². The van der Waals surface area contributed by atoms with Gasteiger partial charge in [-0.05, 0) is 30.2 Å². The topological polar surface area (TPSA) is 24.9 Å². The average molecular weight is 290 g/mol. The van der Waals surface area contributed by atoms with E-state index in [1.165, 1.54) is 32.5 Å². The molecular formula is C15H18N2S2. The highest BCUT2D eigenvalue weighted by atomic mass is 32.2. The first-order chi connectivity index (χ1) is 9.36. The van der Waals surface area contributed by atoms with E-state index in [0.717, 1.165) is 13.0 Å². The largest absolute Gasteiger partial charge is 0.305 e. The molecule has 0 fully saturated rings. The molecule has 1 aromatic heterocycles. The first kappa shape index (κ1) is 13.2. The molecule has 2 heterocycles. The highest BCUT2D eigenvalue weighted by Crippen LogP contribution is 2.36. The predicted molar refractivity (Wildman–Crippen MR) is 82.9 cm³/mol. The van der Waals surface area contributed by atoms with Crippen molar-refractivity contribution in [2.45, 2.75) is 37.2 Å². The zero-order chi connectivity index (χ0) is 13.1. The number of fused-ring (bicyclic) bond motifs is 1. The molecule has 2 aromatic rings. The predicted octanol–water partition coefficient (Wildman–Crippen LogP) is 4.03. The number of hydrogen-bond acceptors (Lipinski definition) is 4.